The Kier molecular flexibility index (Phi) is 5.98. The molecule has 1 saturated heterocycles. The summed E-state index contributed by atoms with van der Waals surface area (Å²) in [7, 11) is 1.58. The van der Waals surface area contributed by atoms with Crippen LogP contribution in [0.15, 0.2) is 42.5 Å². The van der Waals surface area contributed by atoms with Crippen molar-refractivity contribution in [2.45, 2.75) is 63.5 Å². The molecule has 2 spiro atoms. The molecule has 8 heteroatoms. The van der Waals surface area contributed by atoms with E-state index in [-0.39, 0.29) is 47.5 Å². The monoisotopic (exact) mass is 536 g/mol. The molecule has 7 nitrogen and oxygen atoms in total. The molecule has 2 amide bonds. The van der Waals surface area contributed by atoms with Crippen molar-refractivity contribution in [1.82, 2.24) is 10.2 Å². The topological polar surface area (TPSA) is 84.9 Å². The largest absolute Gasteiger partial charge is 0.497 e. The summed E-state index contributed by atoms with van der Waals surface area (Å²) in [6, 6.07) is 11.9. The second-order valence-electron chi connectivity index (χ2n) is 11.6. The number of fused-ring (bicyclic) bond motifs is 2. The lowest BCUT2D eigenvalue weighted by atomic mass is 9.31. The van der Waals surface area contributed by atoms with Gasteiger partial charge in [0.1, 0.15) is 17.5 Å². The van der Waals surface area contributed by atoms with Gasteiger partial charge in [-0.15, -0.1) is 0 Å². The van der Waals surface area contributed by atoms with E-state index in [1.807, 2.05) is 38.1 Å². The zero-order valence-corrected chi connectivity index (χ0v) is 22.7. The van der Waals surface area contributed by atoms with E-state index in [1.165, 1.54) is 0 Å². The molecule has 3 fully saturated rings. The summed E-state index contributed by atoms with van der Waals surface area (Å²) in [5, 5.41) is 3.59. The van der Waals surface area contributed by atoms with Crippen molar-refractivity contribution in [3.63, 3.8) is 0 Å². The fraction of sp³-hybridized carbons (Fsp3) is 0.500. The van der Waals surface area contributed by atoms with Crippen LogP contribution in [-0.2, 0) is 19.8 Å². The van der Waals surface area contributed by atoms with E-state index < -0.39 is 11.5 Å². The summed E-state index contributed by atoms with van der Waals surface area (Å²) in [6.07, 6.45) is 4.05. The van der Waals surface area contributed by atoms with Gasteiger partial charge in [-0.25, -0.2) is 0 Å². The van der Waals surface area contributed by atoms with E-state index in [0.29, 0.717) is 23.1 Å². The predicted molar refractivity (Wildman–Crippen MR) is 142 cm³/mol. The highest BCUT2D eigenvalue weighted by atomic mass is 35.5. The molecular weight excluding hydrogens is 504 g/mol. The van der Waals surface area contributed by atoms with Gasteiger partial charge < -0.3 is 19.7 Å². The normalized spacial score (nSPS) is 30.2. The first kappa shape index (κ1) is 25.2. The maximum absolute atomic E-state index is 14.2. The lowest BCUT2D eigenvalue weighted by Gasteiger charge is -2.74. The van der Waals surface area contributed by atoms with Gasteiger partial charge in [0.25, 0.3) is 0 Å². The maximum Gasteiger partial charge on any atom is 0.315 e. The van der Waals surface area contributed by atoms with E-state index in [9.17, 15) is 14.4 Å². The molecule has 0 aromatic heterocycles. The quantitative estimate of drug-likeness (QED) is 0.438. The van der Waals surface area contributed by atoms with Crippen molar-refractivity contribution < 1.29 is 23.9 Å². The van der Waals surface area contributed by atoms with Crippen LogP contribution in [0, 0.1) is 17.3 Å². The number of hydrogen-bond acceptors (Lipinski definition) is 5. The lowest BCUT2D eigenvalue weighted by molar-refractivity contribution is -0.231. The Morgan fingerprint density at radius 1 is 1.16 bits per heavy atom. The number of ether oxygens (including phenoxy) is 2. The number of carbonyl (C=O) groups is 3. The zero-order chi connectivity index (χ0) is 26.8. The number of esters is 1. The highest BCUT2D eigenvalue weighted by Crippen LogP contribution is 2.76. The third-order valence-corrected chi connectivity index (χ3v) is 9.69. The van der Waals surface area contributed by atoms with Crippen molar-refractivity contribution in [1.29, 1.82) is 0 Å². The van der Waals surface area contributed by atoms with Gasteiger partial charge in [0, 0.05) is 46.5 Å². The molecule has 2 saturated carbocycles. The van der Waals surface area contributed by atoms with Crippen molar-refractivity contribution in [2.24, 2.45) is 17.3 Å². The van der Waals surface area contributed by atoms with Gasteiger partial charge in [-0.3, -0.25) is 14.4 Å². The molecule has 0 radical (unpaired) electrons. The van der Waals surface area contributed by atoms with Gasteiger partial charge >= 0.3 is 5.97 Å². The molecule has 5 atom stereocenters. The van der Waals surface area contributed by atoms with Gasteiger partial charge in [0.05, 0.1) is 13.0 Å². The number of nitrogens with zero attached hydrogens (tertiary/aromatic N) is 1. The molecule has 2 aliphatic carbocycles. The number of likely N-dealkylation sites (tertiary alicyclic amines) is 1. The van der Waals surface area contributed by atoms with Crippen LogP contribution in [-0.4, -0.2) is 42.4 Å². The second-order valence-corrected chi connectivity index (χ2v) is 12.0. The molecule has 4 aliphatic rings. The van der Waals surface area contributed by atoms with Gasteiger partial charge in [-0.2, -0.15) is 0 Å². The van der Waals surface area contributed by atoms with Crippen LogP contribution in [0.1, 0.15) is 63.1 Å². The van der Waals surface area contributed by atoms with Crippen molar-refractivity contribution in [3.05, 3.63) is 58.6 Å². The Morgan fingerprint density at radius 2 is 1.92 bits per heavy atom. The zero-order valence-electron chi connectivity index (χ0n) is 22.0. The van der Waals surface area contributed by atoms with Gasteiger partial charge in [0.15, 0.2) is 0 Å². The second kappa shape index (κ2) is 9.01. The molecule has 2 aromatic rings. The fourth-order valence-corrected chi connectivity index (χ4v) is 8.21. The van der Waals surface area contributed by atoms with E-state index in [1.54, 1.807) is 30.2 Å². The van der Waals surface area contributed by atoms with E-state index in [0.717, 1.165) is 36.8 Å². The van der Waals surface area contributed by atoms with Crippen LogP contribution in [0.4, 0.5) is 0 Å². The average Bonchev–Trinajstić information content (AvgIpc) is 2.87. The number of piperidine rings is 1. The van der Waals surface area contributed by atoms with Gasteiger partial charge in [-0.1, -0.05) is 42.6 Å². The molecule has 0 unspecified atom stereocenters. The smallest absolute Gasteiger partial charge is 0.315 e. The first-order valence-corrected chi connectivity index (χ1v) is 13.8. The SMILES string of the molecule is COc1ccc2c(c1)OC(=O)[C@H]1[C@H]3CCCC[C@]34CN([C@H](C(=O)NC(C)C)c3ccc(Cl)cc3)C(=O)C[C@]214. The molecule has 6 rings (SSSR count). The fourth-order valence-electron chi connectivity index (χ4n) is 8.09. The summed E-state index contributed by atoms with van der Waals surface area (Å²) in [4.78, 5) is 43.0. The number of hydrogen-bond donors (Lipinski definition) is 1. The molecule has 0 bridgehead atoms. The summed E-state index contributed by atoms with van der Waals surface area (Å²) in [5.41, 5.74) is 0.699. The summed E-state index contributed by atoms with van der Waals surface area (Å²) in [5.74, 6) is 0.265. The van der Waals surface area contributed by atoms with Crippen LogP contribution >= 0.6 is 11.6 Å². The van der Waals surface area contributed by atoms with Crippen molar-refractivity contribution in [3.8, 4) is 11.5 Å². The summed E-state index contributed by atoms with van der Waals surface area (Å²) in [6.45, 7) is 4.24. The molecule has 200 valence electrons. The maximum atomic E-state index is 14.2. The standard InChI is InChI=1S/C30H33ClN2O5/c1-17(2)32-27(35)26(18-7-9-19(31)10-8-18)33-16-29-13-5-4-6-22(29)25-28(36)38-23-14-20(37-3)11-12-21(23)30(25,29)15-24(33)34/h7-12,14,17,22,25-26H,4-6,13,15-16H2,1-3H3,(H,32,35)/t22-,25-,26+,29+,30+/m1/s1. The van der Waals surface area contributed by atoms with Crippen LogP contribution in [0.2, 0.25) is 5.02 Å². The van der Waals surface area contributed by atoms with Crippen molar-refractivity contribution in [2.75, 3.05) is 13.7 Å². The first-order chi connectivity index (χ1) is 18.2. The number of methoxy groups -OCH3 is 1. The molecule has 1 N–H and O–H groups in total. The molecule has 2 aliphatic heterocycles. The van der Waals surface area contributed by atoms with Crippen LogP contribution in [0.3, 0.4) is 0 Å². The Morgan fingerprint density at radius 3 is 2.63 bits per heavy atom. The van der Waals surface area contributed by atoms with Crippen LogP contribution < -0.4 is 14.8 Å². The van der Waals surface area contributed by atoms with Gasteiger partial charge in [0.2, 0.25) is 11.8 Å². The van der Waals surface area contributed by atoms with Gasteiger partial charge in [-0.05, 0) is 56.4 Å². The first-order valence-electron chi connectivity index (χ1n) is 13.5. The van der Waals surface area contributed by atoms with Crippen LogP contribution in [0.5, 0.6) is 11.5 Å². The highest BCUT2D eigenvalue weighted by molar-refractivity contribution is 6.30. The third kappa shape index (κ3) is 3.43. The third-order valence-electron chi connectivity index (χ3n) is 9.43. The number of nitrogens with one attached hydrogen (secondary N) is 1. The average molecular weight is 537 g/mol. The minimum atomic E-state index is -0.776. The summed E-state index contributed by atoms with van der Waals surface area (Å²) >= 11 is 6.16. The van der Waals surface area contributed by atoms with Crippen molar-refractivity contribution >= 4 is 29.4 Å². The Labute approximate surface area is 227 Å². The molecule has 38 heavy (non-hydrogen) atoms. The van der Waals surface area contributed by atoms with E-state index in [4.69, 9.17) is 21.1 Å². The molecule has 2 heterocycles. The predicted octanol–water partition coefficient (Wildman–Crippen LogP) is 4.81. The number of rotatable bonds is 5. The highest BCUT2D eigenvalue weighted by Gasteiger charge is 2.79. The molecule has 2 aromatic carbocycles. The molecular formula is C30H33ClN2O5. The minimum Gasteiger partial charge on any atom is -0.497 e. The number of carbonyl (C=O) groups excluding carboxylic acids is 3. The Hall–Kier alpha value is -3.06. The van der Waals surface area contributed by atoms with E-state index in [2.05, 4.69) is 5.32 Å². The number of benzene rings is 2. The minimum absolute atomic E-state index is 0.0767. The van der Waals surface area contributed by atoms with Crippen LogP contribution in [0.25, 0.3) is 0 Å². The lowest BCUT2D eigenvalue weighted by Crippen LogP contribution is -2.79. The number of amides is 2. The number of halogens is 1. The van der Waals surface area contributed by atoms with E-state index >= 15 is 0 Å². The Bertz CT molecular complexity index is 1310. The Balaban J connectivity index is 1.47. The summed E-state index contributed by atoms with van der Waals surface area (Å²) < 4.78 is 11.2.